The summed E-state index contributed by atoms with van der Waals surface area (Å²) in [5.74, 6) is 0.519. The maximum Gasteiger partial charge on any atom is 0.192 e. The maximum atomic E-state index is 13.8. The van der Waals surface area contributed by atoms with Crippen molar-refractivity contribution in [3.8, 4) is 0 Å². The number of hydrogen-bond donors (Lipinski definition) is 0. The minimum atomic E-state index is -1.80. The molecule has 0 aromatic carbocycles. The lowest BCUT2D eigenvalue weighted by atomic mass is 10.1. The Balaban J connectivity index is 2.61. The molecule has 0 aromatic rings. The van der Waals surface area contributed by atoms with E-state index in [0.29, 0.717) is 12.3 Å². The lowest BCUT2D eigenvalue weighted by molar-refractivity contribution is 0.111. The van der Waals surface area contributed by atoms with Crippen LogP contribution < -0.4 is 0 Å². The fourth-order valence-electron chi connectivity index (χ4n) is 1.85. The molecule has 1 rings (SSSR count). The van der Waals surface area contributed by atoms with Crippen LogP contribution in [0, 0.1) is 5.92 Å². The molecule has 0 amide bonds. The normalized spacial score (nSPS) is 32.1. The minimum absolute atomic E-state index is 0.138. The van der Waals surface area contributed by atoms with Crippen LogP contribution in [0.25, 0.3) is 0 Å². The van der Waals surface area contributed by atoms with Crippen LogP contribution in [0.1, 0.15) is 33.6 Å². The van der Waals surface area contributed by atoms with E-state index in [-0.39, 0.29) is 11.1 Å². The van der Waals surface area contributed by atoms with Gasteiger partial charge in [-0.3, -0.25) is 0 Å². The third-order valence-corrected chi connectivity index (χ3v) is 9.75. The topological polar surface area (TPSA) is 9.23 Å². The summed E-state index contributed by atoms with van der Waals surface area (Å²) in [7, 11) is -1.80. The second kappa shape index (κ2) is 5.22. The Kier molecular flexibility index (Phi) is 4.86. The highest BCUT2D eigenvalue weighted by atomic mass is 127. The van der Waals surface area contributed by atoms with Crippen LogP contribution in [0.4, 0.5) is 4.39 Å². The second-order valence-corrected chi connectivity index (χ2v) is 12.1. The Morgan fingerprint density at radius 2 is 1.88 bits per heavy atom. The van der Waals surface area contributed by atoms with Gasteiger partial charge in [0, 0.05) is 4.43 Å². The molecule has 0 spiro atoms. The molecule has 0 bridgehead atoms. The van der Waals surface area contributed by atoms with Crippen LogP contribution in [0.15, 0.2) is 0 Å². The van der Waals surface area contributed by atoms with E-state index in [2.05, 4.69) is 56.5 Å². The van der Waals surface area contributed by atoms with Crippen LogP contribution in [0.2, 0.25) is 18.1 Å². The van der Waals surface area contributed by atoms with Crippen LogP contribution in [0.3, 0.4) is 0 Å². The molecule has 1 aliphatic rings. The van der Waals surface area contributed by atoms with Crippen molar-refractivity contribution in [1.29, 1.82) is 0 Å². The SMILES string of the molecule is CC(C)(C)[Si](C)(C)O[C@H]1C[C@H](CI)C[C@H]1F. The zero-order chi connectivity index (χ0) is 12.6. The van der Waals surface area contributed by atoms with Gasteiger partial charge in [-0.05, 0) is 36.9 Å². The summed E-state index contributed by atoms with van der Waals surface area (Å²) in [6.45, 7) is 11.0. The summed E-state index contributed by atoms with van der Waals surface area (Å²) in [5, 5.41) is 0.176. The number of rotatable bonds is 3. The summed E-state index contributed by atoms with van der Waals surface area (Å²) >= 11 is 2.35. The molecule has 0 aliphatic heterocycles. The predicted molar refractivity (Wildman–Crippen MR) is 78.6 cm³/mol. The van der Waals surface area contributed by atoms with Crippen molar-refractivity contribution in [1.82, 2.24) is 0 Å². The van der Waals surface area contributed by atoms with Gasteiger partial charge in [-0.15, -0.1) is 0 Å². The molecule has 0 N–H and O–H groups in total. The molecule has 0 heterocycles. The minimum Gasteiger partial charge on any atom is -0.411 e. The van der Waals surface area contributed by atoms with Gasteiger partial charge in [-0.2, -0.15) is 0 Å². The molecule has 0 saturated heterocycles. The van der Waals surface area contributed by atoms with E-state index in [0.717, 1.165) is 10.8 Å². The summed E-state index contributed by atoms with van der Waals surface area (Å²) in [5.41, 5.74) is 0. The van der Waals surface area contributed by atoms with Crippen molar-refractivity contribution in [3.63, 3.8) is 0 Å². The van der Waals surface area contributed by atoms with Crippen LogP contribution in [-0.2, 0) is 4.43 Å². The fraction of sp³-hybridized carbons (Fsp3) is 1.00. The Bertz CT molecular complexity index is 240. The van der Waals surface area contributed by atoms with Gasteiger partial charge in [0.25, 0.3) is 0 Å². The lowest BCUT2D eigenvalue weighted by Gasteiger charge is -2.38. The van der Waals surface area contributed by atoms with Crippen molar-refractivity contribution >= 4 is 30.9 Å². The van der Waals surface area contributed by atoms with Gasteiger partial charge in [0.1, 0.15) is 6.17 Å². The highest BCUT2D eigenvalue weighted by Gasteiger charge is 2.43. The van der Waals surface area contributed by atoms with E-state index in [1.54, 1.807) is 0 Å². The average molecular weight is 358 g/mol. The molecule has 1 saturated carbocycles. The van der Waals surface area contributed by atoms with Gasteiger partial charge in [0.05, 0.1) is 6.10 Å². The summed E-state index contributed by atoms with van der Waals surface area (Å²) in [6.07, 6.45) is 0.730. The molecule has 1 aliphatic carbocycles. The van der Waals surface area contributed by atoms with Crippen molar-refractivity contribution in [2.24, 2.45) is 5.92 Å². The molecular weight excluding hydrogens is 334 g/mol. The van der Waals surface area contributed by atoms with E-state index in [1.807, 2.05) is 0 Å². The van der Waals surface area contributed by atoms with E-state index >= 15 is 0 Å². The number of hydrogen-bond acceptors (Lipinski definition) is 1. The Morgan fingerprint density at radius 1 is 1.31 bits per heavy atom. The Labute approximate surface area is 114 Å². The highest BCUT2D eigenvalue weighted by Crippen LogP contribution is 2.41. The molecule has 0 aromatic heterocycles. The van der Waals surface area contributed by atoms with E-state index in [4.69, 9.17) is 4.43 Å². The first-order chi connectivity index (χ1) is 7.17. The molecule has 0 unspecified atom stereocenters. The first-order valence-corrected chi connectivity index (χ1v) is 10.5. The standard InChI is InChI=1S/C12H24FIOSi/c1-12(2,3)16(4,5)15-11-7-9(8-14)6-10(11)13/h9-11H,6-8H2,1-5H3/t9-,10-,11+/m1/s1. The molecule has 0 radical (unpaired) electrons. The predicted octanol–water partition coefficient (Wildman–Crippen LogP) is 4.56. The highest BCUT2D eigenvalue weighted by molar-refractivity contribution is 14.1. The number of alkyl halides is 2. The third kappa shape index (κ3) is 3.42. The third-order valence-electron chi connectivity index (χ3n) is 4.00. The quantitative estimate of drug-likeness (QED) is 0.408. The smallest absolute Gasteiger partial charge is 0.192 e. The van der Waals surface area contributed by atoms with E-state index in [1.165, 1.54) is 0 Å². The molecule has 16 heavy (non-hydrogen) atoms. The van der Waals surface area contributed by atoms with E-state index in [9.17, 15) is 4.39 Å². The average Bonchev–Trinajstić information content (AvgIpc) is 2.44. The molecule has 1 nitrogen and oxygen atoms in total. The van der Waals surface area contributed by atoms with Crippen molar-refractivity contribution in [2.45, 2.75) is 64.0 Å². The Morgan fingerprint density at radius 3 is 2.25 bits per heavy atom. The number of halogens is 2. The summed E-state index contributed by atoms with van der Waals surface area (Å²) in [4.78, 5) is 0. The fourth-order valence-corrected chi connectivity index (χ4v) is 3.92. The monoisotopic (exact) mass is 358 g/mol. The van der Waals surface area contributed by atoms with Gasteiger partial charge in [-0.1, -0.05) is 43.4 Å². The van der Waals surface area contributed by atoms with E-state index < -0.39 is 14.5 Å². The van der Waals surface area contributed by atoms with Crippen molar-refractivity contribution in [2.75, 3.05) is 4.43 Å². The lowest BCUT2D eigenvalue weighted by Crippen LogP contribution is -2.45. The molecule has 4 heteroatoms. The molecular formula is C12H24FIOSi. The van der Waals surface area contributed by atoms with Crippen LogP contribution in [-0.4, -0.2) is 25.0 Å². The zero-order valence-electron chi connectivity index (χ0n) is 11.0. The van der Waals surface area contributed by atoms with Crippen LogP contribution >= 0.6 is 22.6 Å². The van der Waals surface area contributed by atoms with Gasteiger partial charge < -0.3 is 4.43 Å². The van der Waals surface area contributed by atoms with Gasteiger partial charge >= 0.3 is 0 Å². The molecule has 3 atom stereocenters. The largest absolute Gasteiger partial charge is 0.411 e. The first kappa shape index (κ1) is 14.9. The first-order valence-electron chi connectivity index (χ1n) is 6.05. The van der Waals surface area contributed by atoms with Crippen LogP contribution in [0.5, 0.6) is 0 Å². The van der Waals surface area contributed by atoms with Gasteiger partial charge in [0.2, 0.25) is 0 Å². The Hall–Kier alpha value is 0.837. The van der Waals surface area contributed by atoms with Gasteiger partial charge in [0.15, 0.2) is 8.32 Å². The van der Waals surface area contributed by atoms with Crippen molar-refractivity contribution < 1.29 is 8.82 Å². The van der Waals surface area contributed by atoms with Gasteiger partial charge in [-0.25, -0.2) is 4.39 Å². The molecule has 96 valence electrons. The zero-order valence-corrected chi connectivity index (χ0v) is 14.2. The summed E-state index contributed by atoms with van der Waals surface area (Å²) < 4.78 is 21.1. The maximum absolute atomic E-state index is 13.8. The van der Waals surface area contributed by atoms with Crippen molar-refractivity contribution in [3.05, 3.63) is 0 Å². The molecule has 1 fully saturated rings. The summed E-state index contributed by atoms with van der Waals surface area (Å²) in [6, 6.07) is 0. The second-order valence-electron chi connectivity index (χ2n) is 6.42.